The molecule has 0 bridgehead atoms. The number of carbonyl (C=O) groups excluding carboxylic acids is 2. The van der Waals surface area contributed by atoms with Crippen molar-refractivity contribution >= 4 is 60.3 Å². The number of nitrogens with zero attached hydrogens (tertiary/aromatic N) is 4. The minimum atomic E-state index is -0.763. The molecule has 0 spiro atoms. The van der Waals surface area contributed by atoms with Crippen molar-refractivity contribution in [3.8, 4) is 0 Å². The van der Waals surface area contributed by atoms with Gasteiger partial charge < -0.3 is 4.90 Å². The molecule has 3 rings (SSSR count). The van der Waals surface area contributed by atoms with Crippen LogP contribution in [0.25, 0.3) is 0 Å². The van der Waals surface area contributed by atoms with Crippen molar-refractivity contribution in [3.63, 3.8) is 0 Å². The van der Waals surface area contributed by atoms with Crippen LogP contribution in [0.3, 0.4) is 0 Å². The molecule has 0 unspecified atom stereocenters. The molecule has 1 fully saturated rings. The summed E-state index contributed by atoms with van der Waals surface area (Å²) >= 11 is 3.57. The zero-order valence-electron chi connectivity index (χ0n) is 19.0. The Morgan fingerprint density at radius 1 is 0.758 bits per heavy atom. The van der Waals surface area contributed by atoms with Gasteiger partial charge in [0.15, 0.2) is 0 Å². The molecule has 2 aromatic rings. The van der Waals surface area contributed by atoms with Gasteiger partial charge in [0, 0.05) is 47.7 Å². The molecule has 3 amide bonds. The van der Waals surface area contributed by atoms with Crippen LogP contribution in [0.5, 0.6) is 0 Å². The topological polar surface area (TPSA) is 66.4 Å². The van der Waals surface area contributed by atoms with Gasteiger partial charge in [-0.3, -0.25) is 19.7 Å². The van der Waals surface area contributed by atoms with E-state index in [1.54, 1.807) is 53.2 Å². The second-order valence-corrected chi connectivity index (χ2v) is 10.3. The van der Waals surface area contributed by atoms with Crippen LogP contribution in [0.1, 0.15) is 39.5 Å². The van der Waals surface area contributed by atoms with E-state index in [-0.39, 0.29) is 36.8 Å². The van der Waals surface area contributed by atoms with Crippen LogP contribution in [0.15, 0.2) is 58.8 Å². The SMILES string of the molecule is CC1(C)C(=O)N(CCCCSc2ccncc2)C(=O)N1CCCCSc1ccncc1.Cl.Cl. The first-order valence-corrected chi connectivity index (χ1v) is 12.7. The van der Waals surface area contributed by atoms with Crippen LogP contribution in [0.4, 0.5) is 4.79 Å². The van der Waals surface area contributed by atoms with Crippen molar-refractivity contribution in [1.29, 1.82) is 0 Å². The molecule has 10 heteroatoms. The van der Waals surface area contributed by atoms with Crippen LogP contribution >= 0.6 is 48.3 Å². The largest absolute Gasteiger partial charge is 0.327 e. The fraction of sp³-hybridized carbons (Fsp3) is 0.478. The number of rotatable bonds is 12. The highest BCUT2D eigenvalue weighted by Gasteiger charge is 2.50. The first-order chi connectivity index (χ1) is 15.0. The standard InChI is InChI=1S/C23H30N4O2S2.2ClH/c1-23(2)21(28)26(15-3-5-17-30-19-7-11-24-12-8-19)22(29)27(23)16-4-6-18-31-20-9-13-25-14-10-20;;/h7-14H,3-6,15-18H2,1-2H3;2*1H. The molecule has 0 aromatic carbocycles. The third-order valence-corrected chi connectivity index (χ3v) is 7.49. The first-order valence-electron chi connectivity index (χ1n) is 10.7. The molecule has 182 valence electrons. The van der Waals surface area contributed by atoms with Crippen molar-refractivity contribution in [3.05, 3.63) is 49.1 Å². The quantitative estimate of drug-likeness (QED) is 0.196. The van der Waals surface area contributed by atoms with Gasteiger partial charge in [-0.1, -0.05) is 0 Å². The number of pyridine rings is 2. The van der Waals surface area contributed by atoms with Gasteiger partial charge in [-0.2, -0.15) is 0 Å². The molecule has 0 atom stereocenters. The molecule has 3 heterocycles. The zero-order valence-corrected chi connectivity index (χ0v) is 22.3. The number of carbonyl (C=O) groups is 2. The van der Waals surface area contributed by atoms with E-state index in [4.69, 9.17) is 0 Å². The molecule has 33 heavy (non-hydrogen) atoms. The van der Waals surface area contributed by atoms with Crippen LogP contribution in [0, 0.1) is 0 Å². The van der Waals surface area contributed by atoms with Crippen molar-refractivity contribution < 1.29 is 9.59 Å². The van der Waals surface area contributed by atoms with Crippen molar-refractivity contribution in [2.75, 3.05) is 24.6 Å². The van der Waals surface area contributed by atoms with E-state index in [9.17, 15) is 9.59 Å². The minimum Gasteiger partial charge on any atom is -0.310 e. The van der Waals surface area contributed by atoms with E-state index >= 15 is 0 Å². The van der Waals surface area contributed by atoms with E-state index in [0.717, 1.165) is 37.2 Å². The highest BCUT2D eigenvalue weighted by molar-refractivity contribution is 7.99. The van der Waals surface area contributed by atoms with E-state index in [0.29, 0.717) is 13.1 Å². The molecule has 0 N–H and O–H groups in total. The minimum absolute atomic E-state index is 0. The monoisotopic (exact) mass is 530 g/mol. The average molecular weight is 532 g/mol. The second kappa shape index (κ2) is 14.7. The maximum atomic E-state index is 12.9. The number of thioether (sulfide) groups is 2. The molecule has 6 nitrogen and oxygen atoms in total. The average Bonchev–Trinajstić information content (AvgIpc) is 2.94. The van der Waals surface area contributed by atoms with E-state index in [1.165, 1.54) is 14.7 Å². The number of amides is 3. The maximum Gasteiger partial charge on any atom is 0.327 e. The summed E-state index contributed by atoms with van der Waals surface area (Å²) in [5.41, 5.74) is -0.763. The lowest BCUT2D eigenvalue weighted by molar-refractivity contribution is -0.131. The van der Waals surface area contributed by atoms with Crippen molar-refractivity contribution in [2.45, 2.75) is 54.9 Å². The van der Waals surface area contributed by atoms with Crippen molar-refractivity contribution in [2.24, 2.45) is 0 Å². The number of hydrogen-bond donors (Lipinski definition) is 0. The zero-order chi connectivity index (χ0) is 22.1. The Morgan fingerprint density at radius 2 is 1.21 bits per heavy atom. The Balaban J connectivity index is 0.00000272. The number of imide groups is 1. The molecule has 0 radical (unpaired) electrons. The van der Waals surface area contributed by atoms with Crippen LogP contribution in [0.2, 0.25) is 0 Å². The van der Waals surface area contributed by atoms with Crippen molar-refractivity contribution in [1.82, 2.24) is 19.8 Å². The van der Waals surface area contributed by atoms with Gasteiger partial charge in [-0.05, 0) is 75.3 Å². The van der Waals surface area contributed by atoms with E-state index in [1.807, 2.05) is 38.1 Å². The van der Waals surface area contributed by atoms with Crippen LogP contribution in [-0.4, -0.2) is 61.8 Å². The molecule has 1 aliphatic heterocycles. The Hall–Kier alpha value is -1.48. The van der Waals surface area contributed by atoms with Gasteiger partial charge >= 0.3 is 6.03 Å². The summed E-state index contributed by atoms with van der Waals surface area (Å²) in [5, 5.41) is 0. The van der Waals surface area contributed by atoms with Gasteiger partial charge in [0.05, 0.1) is 0 Å². The highest BCUT2D eigenvalue weighted by atomic mass is 35.5. The Morgan fingerprint density at radius 3 is 1.70 bits per heavy atom. The third-order valence-electron chi connectivity index (χ3n) is 5.29. The lowest BCUT2D eigenvalue weighted by Crippen LogP contribution is -2.44. The van der Waals surface area contributed by atoms with Crippen LogP contribution < -0.4 is 0 Å². The predicted molar refractivity (Wildman–Crippen MR) is 141 cm³/mol. The smallest absolute Gasteiger partial charge is 0.310 e. The lowest BCUT2D eigenvalue weighted by Gasteiger charge is -2.27. The van der Waals surface area contributed by atoms with Gasteiger partial charge in [-0.15, -0.1) is 48.3 Å². The number of unbranched alkanes of at least 4 members (excludes halogenated alkanes) is 2. The van der Waals surface area contributed by atoms with Gasteiger partial charge in [-0.25, -0.2) is 4.79 Å². The van der Waals surface area contributed by atoms with Crippen LogP contribution in [-0.2, 0) is 4.79 Å². The van der Waals surface area contributed by atoms with Gasteiger partial charge in [0.1, 0.15) is 5.54 Å². The third kappa shape index (κ3) is 8.35. The summed E-state index contributed by atoms with van der Waals surface area (Å²) in [6.07, 6.45) is 10.8. The first kappa shape index (κ1) is 29.6. The second-order valence-electron chi connectivity index (χ2n) is 7.93. The highest BCUT2D eigenvalue weighted by Crippen LogP contribution is 2.29. The van der Waals surface area contributed by atoms with E-state index < -0.39 is 5.54 Å². The summed E-state index contributed by atoms with van der Waals surface area (Å²) in [6, 6.07) is 7.86. The fourth-order valence-corrected chi connectivity index (χ4v) is 5.28. The molecular formula is C23H32Cl2N4O2S2. The summed E-state index contributed by atoms with van der Waals surface area (Å²) in [6.45, 7) is 4.83. The number of aromatic nitrogens is 2. The summed E-state index contributed by atoms with van der Waals surface area (Å²) in [4.78, 5) is 39.4. The molecule has 0 aliphatic carbocycles. The number of halogens is 2. The Labute approximate surface area is 217 Å². The summed E-state index contributed by atoms with van der Waals surface area (Å²) < 4.78 is 0. The number of hydrogen-bond acceptors (Lipinski definition) is 6. The molecule has 1 saturated heterocycles. The summed E-state index contributed by atoms with van der Waals surface area (Å²) in [7, 11) is 0. The molecular weight excluding hydrogens is 499 g/mol. The fourth-order valence-electron chi connectivity index (χ4n) is 3.48. The predicted octanol–water partition coefficient (Wildman–Crippen LogP) is 5.81. The molecule has 2 aromatic heterocycles. The number of urea groups is 1. The Bertz CT molecular complexity index is 860. The Kier molecular flexibility index (Phi) is 13.2. The maximum absolute atomic E-state index is 12.9. The van der Waals surface area contributed by atoms with Gasteiger partial charge in [0.25, 0.3) is 5.91 Å². The lowest BCUT2D eigenvalue weighted by atomic mass is 10.0. The van der Waals surface area contributed by atoms with E-state index in [2.05, 4.69) is 9.97 Å². The normalized spacial score (nSPS) is 14.7. The van der Waals surface area contributed by atoms with Gasteiger partial charge in [0.2, 0.25) is 0 Å². The summed E-state index contributed by atoms with van der Waals surface area (Å²) in [5.74, 6) is 1.87. The molecule has 0 saturated carbocycles. The molecule has 1 aliphatic rings.